The van der Waals surface area contributed by atoms with Gasteiger partial charge in [-0.2, -0.15) is 0 Å². The van der Waals surface area contributed by atoms with Gasteiger partial charge in [-0.05, 0) is 26.8 Å². The van der Waals surface area contributed by atoms with Crippen LogP contribution in [0.5, 0.6) is 0 Å². The summed E-state index contributed by atoms with van der Waals surface area (Å²) in [5, 5.41) is 3.01. The molecule has 22 heavy (non-hydrogen) atoms. The quantitative estimate of drug-likeness (QED) is 0.810. The molecule has 1 aromatic carbocycles. The molecule has 0 radical (unpaired) electrons. The number of nitrogens with one attached hydrogen (secondary N) is 1. The average Bonchev–Trinajstić information content (AvgIpc) is 2.43. The van der Waals surface area contributed by atoms with Gasteiger partial charge < -0.3 is 10.1 Å². The molecule has 1 amide bonds. The van der Waals surface area contributed by atoms with Gasteiger partial charge in [-0.3, -0.25) is 4.90 Å². The number of carbonyl (C=O) groups is 1. The first-order valence-corrected chi connectivity index (χ1v) is 7.04. The Labute approximate surface area is 127 Å². The van der Waals surface area contributed by atoms with Gasteiger partial charge in [-0.1, -0.05) is 6.07 Å². The minimum absolute atomic E-state index is 0.0723. The second-order valence-corrected chi connectivity index (χ2v) is 6.16. The molecule has 1 aromatic rings. The fourth-order valence-corrected chi connectivity index (χ4v) is 2.32. The second-order valence-electron chi connectivity index (χ2n) is 6.16. The Morgan fingerprint density at radius 3 is 2.59 bits per heavy atom. The summed E-state index contributed by atoms with van der Waals surface area (Å²) in [5.74, 6) is -4.07. The summed E-state index contributed by atoms with van der Waals surface area (Å²) in [7, 11) is 0. The summed E-state index contributed by atoms with van der Waals surface area (Å²) in [4.78, 5) is 13.6. The molecule has 1 aliphatic heterocycles. The van der Waals surface area contributed by atoms with Crippen LogP contribution in [0.15, 0.2) is 12.1 Å². The zero-order chi connectivity index (χ0) is 16.5. The molecule has 1 fully saturated rings. The molecule has 1 heterocycles. The summed E-state index contributed by atoms with van der Waals surface area (Å²) in [5.41, 5.74) is -0.768. The highest BCUT2D eigenvalue weighted by atomic mass is 19.2. The summed E-state index contributed by atoms with van der Waals surface area (Å²) in [6.07, 6.45) is -0.608. The number of halogens is 3. The van der Waals surface area contributed by atoms with E-state index < -0.39 is 35.2 Å². The van der Waals surface area contributed by atoms with E-state index in [1.165, 1.54) is 4.90 Å². The van der Waals surface area contributed by atoms with Gasteiger partial charge in [0, 0.05) is 25.2 Å². The number of benzene rings is 1. The van der Waals surface area contributed by atoms with Crippen LogP contribution < -0.4 is 5.32 Å². The van der Waals surface area contributed by atoms with Crippen molar-refractivity contribution in [3.8, 4) is 0 Å². The van der Waals surface area contributed by atoms with Crippen LogP contribution in [0, 0.1) is 17.5 Å². The smallest absolute Gasteiger partial charge is 0.410 e. The lowest BCUT2D eigenvalue weighted by atomic mass is 10.0. The molecule has 1 unspecified atom stereocenters. The van der Waals surface area contributed by atoms with Crippen LogP contribution in [-0.4, -0.2) is 36.2 Å². The van der Waals surface area contributed by atoms with Gasteiger partial charge in [0.05, 0.1) is 6.04 Å². The maximum atomic E-state index is 14.0. The summed E-state index contributed by atoms with van der Waals surface area (Å²) < 4.78 is 45.8. The van der Waals surface area contributed by atoms with Crippen molar-refractivity contribution < 1.29 is 22.7 Å². The molecular formula is C15H19F3N2O2. The molecule has 1 saturated heterocycles. The fraction of sp³-hybridized carbons (Fsp3) is 0.533. The third-order valence-corrected chi connectivity index (χ3v) is 3.30. The van der Waals surface area contributed by atoms with Crippen molar-refractivity contribution in [3.05, 3.63) is 35.1 Å². The Morgan fingerprint density at radius 1 is 1.27 bits per heavy atom. The van der Waals surface area contributed by atoms with Crippen LogP contribution in [-0.2, 0) is 4.74 Å². The SMILES string of the molecule is CC(C)(C)OC(=O)N1CCNCC1c1ccc(F)c(F)c1F. The van der Waals surface area contributed by atoms with Gasteiger partial charge in [0.25, 0.3) is 0 Å². The van der Waals surface area contributed by atoms with Crippen molar-refractivity contribution in [2.45, 2.75) is 32.4 Å². The lowest BCUT2D eigenvalue weighted by Crippen LogP contribution is -2.50. The molecular weight excluding hydrogens is 297 g/mol. The highest BCUT2D eigenvalue weighted by Crippen LogP contribution is 2.28. The number of rotatable bonds is 1. The standard InChI is InChI=1S/C15H19F3N2O2/c1-15(2,3)22-14(21)20-7-6-19-8-11(20)9-4-5-10(16)13(18)12(9)17/h4-5,11,19H,6-8H2,1-3H3. The lowest BCUT2D eigenvalue weighted by Gasteiger charge is -2.37. The minimum atomic E-state index is -1.53. The fourth-order valence-electron chi connectivity index (χ4n) is 2.32. The van der Waals surface area contributed by atoms with Crippen molar-refractivity contribution in [3.63, 3.8) is 0 Å². The molecule has 0 spiro atoms. The average molecular weight is 316 g/mol. The minimum Gasteiger partial charge on any atom is -0.444 e. The molecule has 7 heteroatoms. The Hall–Kier alpha value is -1.76. The summed E-state index contributed by atoms with van der Waals surface area (Å²) in [6, 6.07) is 1.26. The number of nitrogens with zero attached hydrogens (tertiary/aromatic N) is 1. The van der Waals surface area contributed by atoms with E-state index in [1.807, 2.05) is 0 Å². The predicted molar refractivity (Wildman–Crippen MR) is 74.9 cm³/mol. The van der Waals surface area contributed by atoms with Crippen LogP contribution in [0.2, 0.25) is 0 Å². The van der Waals surface area contributed by atoms with Gasteiger partial charge in [-0.25, -0.2) is 18.0 Å². The van der Waals surface area contributed by atoms with E-state index in [-0.39, 0.29) is 18.7 Å². The molecule has 2 rings (SSSR count). The molecule has 0 bridgehead atoms. The molecule has 1 aliphatic rings. The zero-order valence-electron chi connectivity index (χ0n) is 12.8. The van der Waals surface area contributed by atoms with E-state index >= 15 is 0 Å². The van der Waals surface area contributed by atoms with Gasteiger partial charge in [-0.15, -0.1) is 0 Å². The molecule has 1 N–H and O–H groups in total. The van der Waals surface area contributed by atoms with Gasteiger partial charge >= 0.3 is 6.09 Å². The summed E-state index contributed by atoms with van der Waals surface area (Å²) >= 11 is 0. The predicted octanol–water partition coefficient (Wildman–Crippen LogP) is 2.99. The monoisotopic (exact) mass is 316 g/mol. The number of hydrogen-bond donors (Lipinski definition) is 1. The Morgan fingerprint density at radius 2 is 1.95 bits per heavy atom. The normalized spacial score (nSPS) is 19.2. The Kier molecular flexibility index (Phi) is 4.65. The maximum Gasteiger partial charge on any atom is 0.410 e. The number of amides is 1. The third kappa shape index (κ3) is 3.52. The van der Waals surface area contributed by atoms with Crippen LogP contribution >= 0.6 is 0 Å². The molecule has 0 aromatic heterocycles. The van der Waals surface area contributed by atoms with E-state index in [4.69, 9.17) is 4.74 Å². The molecule has 0 saturated carbocycles. The largest absolute Gasteiger partial charge is 0.444 e. The third-order valence-electron chi connectivity index (χ3n) is 3.30. The van der Waals surface area contributed by atoms with Crippen molar-refractivity contribution in [1.29, 1.82) is 0 Å². The van der Waals surface area contributed by atoms with Crippen molar-refractivity contribution in [1.82, 2.24) is 10.2 Å². The number of piperazine rings is 1. The van der Waals surface area contributed by atoms with Crippen LogP contribution in [0.25, 0.3) is 0 Å². The molecule has 122 valence electrons. The van der Waals surface area contributed by atoms with Crippen molar-refractivity contribution in [2.75, 3.05) is 19.6 Å². The summed E-state index contributed by atoms with van der Waals surface area (Å²) in [6.45, 7) is 6.21. The molecule has 4 nitrogen and oxygen atoms in total. The molecule has 1 atom stereocenters. The van der Waals surface area contributed by atoms with Crippen molar-refractivity contribution >= 4 is 6.09 Å². The van der Waals surface area contributed by atoms with E-state index in [1.54, 1.807) is 20.8 Å². The van der Waals surface area contributed by atoms with Crippen LogP contribution in [0.4, 0.5) is 18.0 Å². The van der Waals surface area contributed by atoms with E-state index in [9.17, 15) is 18.0 Å². The Balaban J connectivity index is 2.31. The van der Waals surface area contributed by atoms with E-state index in [2.05, 4.69) is 5.32 Å². The number of ether oxygens (including phenoxy) is 1. The number of hydrogen-bond acceptors (Lipinski definition) is 3. The van der Waals surface area contributed by atoms with Crippen LogP contribution in [0.1, 0.15) is 32.4 Å². The first kappa shape index (κ1) is 16.6. The highest BCUT2D eigenvalue weighted by molar-refractivity contribution is 5.69. The first-order valence-electron chi connectivity index (χ1n) is 7.04. The maximum absolute atomic E-state index is 14.0. The highest BCUT2D eigenvalue weighted by Gasteiger charge is 2.33. The topological polar surface area (TPSA) is 41.6 Å². The van der Waals surface area contributed by atoms with Gasteiger partial charge in [0.1, 0.15) is 5.60 Å². The van der Waals surface area contributed by atoms with Crippen molar-refractivity contribution in [2.24, 2.45) is 0 Å². The van der Waals surface area contributed by atoms with Gasteiger partial charge in [0.2, 0.25) is 0 Å². The Bertz CT molecular complexity index is 573. The van der Waals surface area contributed by atoms with E-state index in [0.717, 1.165) is 12.1 Å². The zero-order valence-corrected chi connectivity index (χ0v) is 12.8. The van der Waals surface area contributed by atoms with Crippen LogP contribution in [0.3, 0.4) is 0 Å². The van der Waals surface area contributed by atoms with E-state index in [0.29, 0.717) is 6.54 Å². The van der Waals surface area contributed by atoms with Gasteiger partial charge in [0.15, 0.2) is 17.5 Å². The lowest BCUT2D eigenvalue weighted by molar-refractivity contribution is 0.0113. The number of carbonyl (C=O) groups excluding carboxylic acids is 1. The molecule has 0 aliphatic carbocycles. The first-order chi connectivity index (χ1) is 10.2. The second kappa shape index (κ2) is 6.16.